The van der Waals surface area contributed by atoms with Crippen molar-refractivity contribution in [3.05, 3.63) is 12.0 Å². The van der Waals surface area contributed by atoms with Crippen molar-refractivity contribution in [2.75, 3.05) is 11.1 Å². The van der Waals surface area contributed by atoms with E-state index in [1.807, 2.05) is 6.92 Å². The maximum Gasteiger partial charge on any atom is 0.255 e. The normalized spacial score (nSPS) is 13.1. The number of nitrogens with zero attached hydrogens (tertiary/aromatic N) is 1. The van der Waals surface area contributed by atoms with Gasteiger partial charge in [0.1, 0.15) is 6.26 Å². The third-order valence-electron chi connectivity index (χ3n) is 1.96. The molecule has 0 spiro atoms. The number of thioether (sulfide) groups is 1. The number of hydrogen-bond donors (Lipinski definition) is 0. The molecule has 1 aromatic rings. The van der Waals surface area contributed by atoms with Crippen LogP contribution in [0.1, 0.15) is 25.5 Å². The van der Waals surface area contributed by atoms with Gasteiger partial charge in [-0.05, 0) is 19.3 Å². The molecule has 1 heterocycles. The summed E-state index contributed by atoms with van der Waals surface area (Å²) < 4.78 is 5.27. The SMILES string of the molecule is CCCC(CBr)CSc1nc(C)co1. The summed E-state index contributed by atoms with van der Waals surface area (Å²) in [5.41, 5.74) is 0.957. The summed E-state index contributed by atoms with van der Waals surface area (Å²) in [5, 5.41) is 1.86. The molecule has 2 nitrogen and oxygen atoms in total. The van der Waals surface area contributed by atoms with Gasteiger partial charge < -0.3 is 4.42 Å². The molecule has 1 unspecified atom stereocenters. The van der Waals surface area contributed by atoms with Crippen LogP contribution in [0, 0.1) is 12.8 Å². The van der Waals surface area contributed by atoms with Crippen LogP contribution in [0.5, 0.6) is 0 Å². The lowest BCUT2D eigenvalue weighted by atomic mass is 10.1. The van der Waals surface area contributed by atoms with E-state index < -0.39 is 0 Å². The Bertz CT molecular complexity index is 264. The number of halogens is 1. The average molecular weight is 278 g/mol. The van der Waals surface area contributed by atoms with Gasteiger partial charge in [-0.2, -0.15) is 0 Å². The number of aryl methyl sites for hydroxylation is 1. The Balaban J connectivity index is 2.31. The summed E-state index contributed by atoms with van der Waals surface area (Å²) in [6, 6.07) is 0. The molecule has 0 saturated heterocycles. The first-order valence-corrected chi connectivity index (χ1v) is 6.97. The average Bonchev–Trinajstić information content (AvgIpc) is 2.59. The van der Waals surface area contributed by atoms with Gasteiger partial charge in [0.15, 0.2) is 0 Å². The molecule has 0 aliphatic carbocycles. The number of rotatable bonds is 6. The molecule has 0 aromatic carbocycles. The first-order chi connectivity index (χ1) is 6.76. The Hall–Kier alpha value is 0.0400. The third-order valence-corrected chi connectivity index (χ3v) is 3.94. The van der Waals surface area contributed by atoms with Crippen molar-refractivity contribution in [3.8, 4) is 0 Å². The molecule has 0 bridgehead atoms. The van der Waals surface area contributed by atoms with E-state index in [9.17, 15) is 0 Å². The number of alkyl halides is 1. The largest absolute Gasteiger partial charge is 0.440 e. The Morgan fingerprint density at radius 1 is 1.64 bits per heavy atom. The predicted octanol–water partition coefficient (Wildman–Crippen LogP) is 3.89. The fourth-order valence-corrected chi connectivity index (χ4v) is 3.04. The van der Waals surface area contributed by atoms with Crippen LogP contribution >= 0.6 is 27.7 Å². The Labute approximate surface area is 98.0 Å². The maximum absolute atomic E-state index is 5.27. The smallest absolute Gasteiger partial charge is 0.255 e. The van der Waals surface area contributed by atoms with Crippen LogP contribution in [0.3, 0.4) is 0 Å². The van der Waals surface area contributed by atoms with Gasteiger partial charge in [0.2, 0.25) is 0 Å². The van der Waals surface area contributed by atoms with Crippen LogP contribution in [0.15, 0.2) is 15.9 Å². The van der Waals surface area contributed by atoms with E-state index in [-0.39, 0.29) is 0 Å². The van der Waals surface area contributed by atoms with Gasteiger partial charge in [0, 0.05) is 11.1 Å². The molecule has 0 saturated carbocycles. The van der Waals surface area contributed by atoms with Crippen LogP contribution in [0.2, 0.25) is 0 Å². The Kier molecular flexibility index (Phi) is 5.63. The molecule has 0 N–H and O–H groups in total. The molecular weight excluding hydrogens is 262 g/mol. The van der Waals surface area contributed by atoms with Crippen LogP contribution in [0.25, 0.3) is 0 Å². The van der Waals surface area contributed by atoms with E-state index in [2.05, 4.69) is 27.8 Å². The summed E-state index contributed by atoms with van der Waals surface area (Å²) in [6.07, 6.45) is 4.20. The van der Waals surface area contributed by atoms with Crippen molar-refractivity contribution >= 4 is 27.7 Å². The second kappa shape index (κ2) is 6.51. The zero-order valence-electron chi connectivity index (χ0n) is 8.62. The van der Waals surface area contributed by atoms with Crippen LogP contribution in [-0.2, 0) is 0 Å². The molecule has 0 aliphatic rings. The first kappa shape index (κ1) is 12.1. The minimum absolute atomic E-state index is 0.720. The molecule has 1 aromatic heterocycles. The molecule has 80 valence electrons. The van der Waals surface area contributed by atoms with Gasteiger partial charge in [0.05, 0.1) is 5.69 Å². The van der Waals surface area contributed by atoms with Gasteiger partial charge in [-0.15, -0.1) is 0 Å². The van der Waals surface area contributed by atoms with E-state index in [0.29, 0.717) is 0 Å². The van der Waals surface area contributed by atoms with Gasteiger partial charge in [0.25, 0.3) is 5.22 Å². The Morgan fingerprint density at radius 3 is 2.93 bits per heavy atom. The lowest BCUT2D eigenvalue weighted by Gasteiger charge is -2.09. The van der Waals surface area contributed by atoms with E-state index in [1.54, 1.807) is 18.0 Å². The summed E-state index contributed by atoms with van der Waals surface area (Å²) in [6.45, 7) is 4.16. The van der Waals surface area contributed by atoms with E-state index >= 15 is 0 Å². The number of aromatic nitrogens is 1. The summed E-state index contributed by atoms with van der Waals surface area (Å²) in [7, 11) is 0. The molecule has 0 amide bonds. The minimum atomic E-state index is 0.720. The van der Waals surface area contributed by atoms with Crippen molar-refractivity contribution in [2.24, 2.45) is 5.92 Å². The molecule has 0 radical (unpaired) electrons. The summed E-state index contributed by atoms with van der Waals surface area (Å²) in [5.74, 6) is 1.80. The minimum Gasteiger partial charge on any atom is -0.440 e. The standard InChI is InChI=1S/C10H16BrNOS/c1-3-4-9(5-11)7-14-10-12-8(2)6-13-10/h6,9H,3-5,7H2,1-2H3. The predicted molar refractivity (Wildman–Crippen MR) is 64.2 cm³/mol. The van der Waals surface area contributed by atoms with Crippen molar-refractivity contribution < 1.29 is 4.42 Å². The fourth-order valence-electron chi connectivity index (χ4n) is 1.20. The van der Waals surface area contributed by atoms with Crippen LogP contribution < -0.4 is 0 Å². The van der Waals surface area contributed by atoms with E-state index in [4.69, 9.17) is 4.42 Å². The fraction of sp³-hybridized carbons (Fsp3) is 0.700. The molecule has 4 heteroatoms. The van der Waals surface area contributed by atoms with Crippen molar-refractivity contribution in [1.29, 1.82) is 0 Å². The zero-order chi connectivity index (χ0) is 10.4. The van der Waals surface area contributed by atoms with Gasteiger partial charge in [-0.3, -0.25) is 0 Å². The molecule has 1 atom stereocenters. The number of hydrogen-bond acceptors (Lipinski definition) is 3. The summed E-state index contributed by atoms with van der Waals surface area (Å²) in [4.78, 5) is 4.26. The molecule has 0 aliphatic heterocycles. The van der Waals surface area contributed by atoms with E-state index in [1.165, 1.54) is 12.8 Å². The second-order valence-electron chi connectivity index (χ2n) is 3.37. The highest BCUT2D eigenvalue weighted by molar-refractivity contribution is 9.09. The second-order valence-corrected chi connectivity index (χ2v) is 4.99. The van der Waals surface area contributed by atoms with Crippen molar-refractivity contribution in [3.63, 3.8) is 0 Å². The first-order valence-electron chi connectivity index (χ1n) is 4.87. The molecule has 0 fully saturated rings. The van der Waals surface area contributed by atoms with Gasteiger partial charge in [-0.1, -0.05) is 41.0 Å². The highest BCUT2D eigenvalue weighted by Gasteiger charge is 2.09. The van der Waals surface area contributed by atoms with Crippen LogP contribution in [0.4, 0.5) is 0 Å². The molecular formula is C10H16BrNOS. The lowest BCUT2D eigenvalue weighted by Crippen LogP contribution is -2.04. The summed E-state index contributed by atoms with van der Waals surface area (Å²) >= 11 is 5.24. The lowest BCUT2D eigenvalue weighted by molar-refractivity contribution is 0.452. The van der Waals surface area contributed by atoms with Gasteiger partial charge in [-0.25, -0.2) is 4.98 Å². The van der Waals surface area contributed by atoms with E-state index in [0.717, 1.165) is 27.9 Å². The topological polar surface area (TPSA) is 26.0 Å². The monoisotopic (exact) mass is 277 g/mol. The highest BCUT2D eigenvalue weighted by Crippen LogP contribution is 2.23. The zero-order valence-corrected chi connectivity index (χ0v) is 11.0. The maximum atomic E-state index is 5.27. The van der Waals surface area contributed by atoms with Crippen molar-refractivity contribution in [2.45, 2.75) is 31.9 Å². The van der Waals surface area contributed by atoms with Crippen molar-refractivity contribution in [1.82, 2.24) is 4.98 Å². The molecule has 14 heavy (non-hydrogen) atoms. The quantitative estimate of drug-likeness (QED) is 0.583. The Morgan fingerprint density at radius 2 is 2.43 bits per heavy atom. The number of oxazole rings is 1. The highest BCUT2D eigenvalue weighted by atomic mass is 79.9. The third kappa shape index (κ3) is 4.05. The molecule has 1 rings (SSSR count). The van der Waals surface area contributed by atoms with Crippen LogP contribution in [-0.4, -0.2) is 16.1 Å². The van der Waals surface area contributed by atoms with Gasteiger partial charge >= 0.3 is 0 Å².